The molecular formula is C23H28Cl2N4O6S. The zero-order valence-corrected chi connectivity index (χ0v) is 22.6. The Morgan fingerprint density at radius 3 is 2.31 bits per heavy atom. The van der Waals surface area contributed by atoms with E-state index in [1.807, 2.05) is 0 Å². The Morgan fingerprint density at radius 2 is 1.78 bits per heavy atom. The fourth-order valence-electron chi connectivity index (χ4n) is 3.51. The van der Waals surface area contributed by atoms with Gasteiger partial charge < -0.3 is 10.2 Å². The molecule has 0 fully saturated rings. The summed E-state index contributed by atoms with van der Waals surface area (Å²) in [5, 5.41) is 14.6. The summed E-state index contributed by atoms with van der Waals surface area (Å²) in [5.41, 5.74) is 0.202. The van der Waals surface area contributed by atoms with Crippen molar-refractivity contribution in [3.05, 3.63) is 68.2 Å². The summed E-state index contributed by atoms with van der Waals surface area (Å²) in [7, 11) is -4.02. The van der Waals surface area contributed by atoms with Crippen LogP contribution in [-0.2, 0) is 26.2 Å². The van der Waals surface area contributed by atoms with Gasteiger partial charge in [0.1, 0.15) is 12.6 Å². The molecule has 0 bridgehead atoms. The number of nitrogens with zero attached hydrogens (tertiary/aromatic N) is 3. The van der Waals surface area contributed by atoms with E-state index in [2.05, 4.69) is 5.32 Å². The quantitative estimate of drug-likeness (QED) is 0.327. The monoisotopic (exact) mass is 558 g/mol. The van der Waals surface area contributed by atoms with Gasteiger partial charge in [0.05, 0.1) is 26.9 Å². The van der Waals surface area contributed by atoms with Crippen molar-refractivity contribution in [2.45, 2.75) is 45.8 Å². The van der Waals surface area contributed by atoms with E-state index in [4.69, 9.17) is 23.2 Å². The molecule has 0 heterocycles. The number of nitro groups is 1. The van der Waals surface area contributed by atoms with Crippen LogP contribution in [0.5, 0.6) is 0 Å². The molecule has 10 nitrogen and oxygen atoms in total. The summed E-state index contributed by atoms with van der Waals surface area (Å²) in [6.45, 7) is 4.57. The van der Waals surface area contributed by atoms with Crippen molar-refractivity contribution in [3.63, 3.8) is 0 Å². The molecule has 0 unspecified atom stereocenters. The summed E-state index contributed by atoms with van der Waals surface area (Å²) < 4.78 is 26.0. The van der Waals surface area contributed by atoms with Crippen LogP contribution < -0.4 is 9.62 Å². The van der Waals surface area contributed by atoms with E-state index in [-0.39, 0.29) is 35.4 Å². The number of nitro benzene ring substituents is 1. The molecular weight excluding hydrogens is 531 g/mol. The summed E-state index contributed by atoms with van der Waals surface area (Å²) in [6, 6.07) is 8.63. The Morgan fingerprint density at radius 1 is 1.11 bits per heavy atom. The number of nitrogens with one attached hydrogen (secondary N) is 1. The van der Waals surface area contributed by atoms with Crippen LogP contribution in [0, 0.1) is 10.1 Å². The molecule has 0 aliphatic rings. The maximum Gasteiger partial charge on any atom is 0.271 e. The Bertz CT molecular complexity index is 1240. The number of anilines is 1. The Kier molecular flexibility index (Phi) is 10.1. The smallest absolute Gasteiger partial charge is 0.271 e. The number of hydrogen-bond acceptors (Lipinski definition) is 6. The average Bonchev–Trinajstić information content (AvgIpc) is 2.78. The standard InChI is InChI=1S/C23H28Cl2N4O6S/c1-5-21(23(31)26-15(2)3)27(13-16-9-10-19(24)20(25)11-16)22(30)14-28(36(4,34)35)17-7-6-8-18(12-17)29(32)33/h6-12,15,21H,5,13-14H2,1-4H3,(H,26,31)/t21-/m0/s1. The highest BCUT2D eigenvalue weighted by molar-refractivity contribution is 7.92. The van der Waals surface area contributed by atoms with Crippen molar-refractivity contribution in [1.82, 2.24) is 10.2 Å². The van der Waals surface area contributed by atoms with Crippen LogP contribution in [0.2, 0.25) is 10.0 Å². The number of benzene rings is 2. The first-order chi connectivity index (χ1) is 16.7. The molecule has 13 heteroatoms. The van der Waals surface area contributed by atoms with Crippen LogP contribution in [0.15, 0.2) is 42.5 Å². The predicted octanol–water partition coefficient (Wildman–Crippen LogP) is 4.00. The molecule has 0 aromatic heterocycles. The summed E-state index contributed by atoms with van der Waals surface area (Å²) in [5.74, 6) is -1.08. The number of hydrogen-bond donors (Lipinski definition) is 1. The number of carbonyl (C=O) groups excluding carboxylic acids is 2. The van der Waals surface area contributed by atoms with Crippen LogP contribution >= 0.6 is 23.2 Å². The third-order valence-electron chi connectivity index (χ3n) is 5.16. The molecule has 0 aliphatic carbocycles. The lowest BCUT2D eigenvalue weighted by molar-refractivity contribution is -0.384. The lowest BCUT2D eigenvalue weighted by Gasteiger charge is -2.33. The zero-order chi connectivity index (χ0) is 27.2. The largest absolute Gasteiger partial charge is 0.352 e. The van der Waals surface area contributed by atoms with Crippen LogP contribution in [-0.4, -0.2) is 54.9 Å². The number of non-ortho nitro benzene ring substituents is 1. The molecule has 0 spiro atoms. The first-order valence-electron chi connectivity index (χ1n) is 11.0. The van der Waals surface area contributed by atoms with E-state index in [9.17, 15) is 28.1 Å². The van der Waals surface area contributed by atoms with Crippen LogP contribution in [0.25, 0.3) is 0 Å². The fraction of sp³-hybridized carbons (Fsp3) is 0.391. The summed E-state index contributed by atoms with van der Waals surface area (Å²) in [4.78, 5) is 38.4. The van der Waals surface area contributed by atoms with Crippen LogP contribution in [0.3, 0.4) is 0 Å². The van der Waals surface area contributed by atoms with Gasteiger partial charge in [-0.3, -0.25) is 24.0 Å². The maximum atomic E-state index is 13.6. The molecule has 1 atom stereocenters. The first kappa shape index (κ1) is 29.3. The molecule has 196 valence electrons. The third kappa shape index (κ3) is 7.81. The molecule has 2 amide bonds. The minimum absolute atomic E-state index is 0.0470. The van der Waals surface area contributed by atoms with Gasteiger partial charge in [0.2, 0.25) is 21.8 Å². The highest BCUT2D eigenvalue weighted by Crippen LogP contribution is 2.26. The van der Waals surface area contributed by atoms with Gasteiger partial charge >= 0.3 is 0 Å². The van der Waals surface area contributed by atoms with Crippen LogP contribution in [0.1, 0.15) is 32.8 Å². The lowest BCUT2D eigenvalue weighted by atomic mass is 10.1. The molecule has 2 aromatic rings. The molecule has 2 aromatic carbocycles. The van der Waals surface area contributed by atoms with Crippen molar-refractivity contribution in [2.75, 3.05) is 17.1 Å². The number of carbonyl (C=O) groups is 2. The number of rotatable bonds is 11. The number of sulfonamides is 1. The number of amides is 2. The zero-order valence-electron chi connectivity index (χ0n) is 20.3. The van der Waals surface area contributed by atoms with Gasteiger partial charge in [-0.2, -0.15) is 0 Å². The van der Waals surface area contributed by atoms with E-state index in [1.54, 1.807) is 39.0 Å². The Hall–Kier alpha value is -2.89. The van der Waals surface area contributed by atoms with Crippen molar-refractivity contribution in [3.8, 4) is 0 Å². The van der Waals surface area contributed by atoms with Crippen molar-refractivity contribution >= 4 is 56.4 Å². The van der Waals surface area contributed by atoms with E-state index in [0.29, 0.717) is 10.6 Å². The molecule has 1 N–H and O–H groups in total. The second-order valence-corrected chi connectivity index (χ2v) is 11.1. The molecule has 0 aliphatic heterocycles. The van der Waals surface area contributed by atoms with Gasteiger partial charge in [0.25, 0.3) is 5.69 Å². The Labute approximate surface area is 220 Å². The highest BCUT2D eigenvalue weighted by Gasteiger charge is 2.32. The van der Waals surface area contributed by atoms with Gasteiger partial charge in [0.15, 0.2) is 0 Å². The summed E-state index contributed by atoms with van der Waals surface area (Å²) in [6.07, 6.45) is 1.15. The second kappa shape index (κ2) is 12.4. The first-order valence-corrected chi connectivity index (χ1v) is 13.6. The third-order valence-corrected chi connectivity index (χ3v) is 7.04. The normalized spacial score (nSPS) is 12.2. The van der Waals surface area contributed by atoms with Gasteiger partial charge in [-0.05, 0) is 44.0 Å². The molecule has 36 heavy (non-hydrogen) atoms. The molecule has 0 saturated heterocycles. The van der Waals surface area contributed by atoms with Gasteiger partial charge in [-0.1, -0.05) is 42.3 Å². The fourth-order valence-corrected chi connectivity index (χ4v) is 4.67. The summed E-state index contributed by atoms with van der Waals surface area (Å²) >= 11 is 12.1. The second-order valence-electron chi connectivity index (χ2n) is 8.40. The molecule has 0 radical (unpaired) electrons. The predicted molar refractivity (Wildman–Crippen MR) is 140 cm³/mol. The van der Waals surface area contributed by atoms with Crippen molar-refractivity contribution < 1.29 is 22.9 Å². The van der Waals surface area contributed by atoms with E-state index < -0.39 is 39.3 Å². The Balaban J connectivity index is 2.50. The maximum absolute atomic E-state index is 13.6. The molecule has 0 saturated carbocycles. The lowest BCUT2D eigenvalue weighted by Crippen LogP contribution is -2.53. The average molecular weight is 559 g/mol. The van der Waals surface area contributed by atoms with E-state index >= 15 is 0 Å². The van der Waals surface area contributed by atoms with Gasteiger partial charge in [-0.25, -0.2) is 8.42 Å². The van der Waals surface area contributed by atoms with Gasteiger partial charge in [0, 0.05) is 24.7 Å². The minimum Gasteiger partial charge on any atom is -0.352 e. The van der Waals surface area contributed by atoms with Crippen molar-refractivity contribution in [2.24, 2.45) is 0 Å². The highest BCUT2D eigenvalue weighted by atomic mass is 35.5. The van der Waals surface area contributed by atoms with Gasteiger partial charge in [-0.15, -0.1) is 0 Å². The van der Waals surface area contributed by atoms with E-state index in [0.717, 1.165) is 16.6 Å². The molecule has 2 rings (SSSR count). The van der Waals surface area contributed by atoms with Crippen molar-refractivity contribution in [1.29, 1.82) is 0 Å². The topological polar surface area (TPSA) is 130 Å². The van der Waals surface area contributed by atoms with Crippen LogP contribution in [0.4, 0.5) is 11.4 Å². The van der Waals surface area contributed by atoms with E-state index in [1.165, 1.54) is 23.1 Å². The number of halogens is 2. The SMILES string of the molecule is CC[C@@H](C(=O)NC(C)C)N(Cc1ccc(Cl)c(Cl)c1)C(=O)CN(c1cccc([N+](=O)[O-])c1)S(C)(=O)=O. The minimum atomic E-state index is -4.02.